The summed E-state index contributed by atoms with van der Waals surface area (Å²) in [6, 6.07) is 7.04. The molecular formula is C14H19N3O2. The summed E-state index contributed by atoms with van der Waals surface area (Å²) >= 11 is 0. The fourth-order valence-electron chi connectivity index (χ4n) is 2.34. The number of hydrogen-bond acceptors (Lipinski definition) is 3. The van der Waals surface area contributed by atoms with Crippen LogP contribution in [-0.2, 0) is 9.59 Å². The Morgan fingerprint density at radius 1 is 1.42 bits per heavy atom. The molecule has 5 nitrogen and oxygen atoms in total. The van der Waals surface area contributed by atoms with Crippen LogP contribution in [0, 0.1) is 0 Å². The number of nitrogens with one attached hydrogen (secondary N) is 1. The van der Waals surface area contributed by atoms with Crippen molar-refractivity contribution in [2.75, 3.05) is 11.4 Å². The first-order chi connectivity index (χ1) is 9.00. The van der Waals surface area contributed by atoms with Gasteiger partial charge in [0.25, 0.3) is 0 Å². The zero-order valence-electron chi connectivity index (χ0n) is 11.2. The molecule has 0 saturated carbocycles. The molecule has 2 rings (SSSR count). The lowest BCUT2D eigenvalue weighted by atomic mass is 9.96. The summed E-state index contributed by atoms with van der Waals surface area (Å²) in [5, 5.41) is 2.93. The van der Waals surface area contributed by atoms with Gasteiger partial charge in [-0.2, -0.15) is 0 Å². The second-order valence-electron chi connectivity index (χ2n) is 4.87. The molecule has 0 radical (unpaired) electrons. The molecule has 1 aliphatic rings. The Hall–Kier alpha value is -1.88. The van der Waals surface area contributed by atoms with Crippen LogP contribution < -0.4 is 16.0 Å². The lowest BCUT2D eigenvalue weighted by Gasteiger charge is -2.34. The van der Waals surface area contributed by atoms with E-state index >= 15 is 0 Å². The maximum atomic E-state index is 11.7. The number of hydrogen-bond donors (Lipinski definition) is 2. The van der Waals surface area contributed by atoms with Crippen LogP contribution in [0.3, 0.4) is 0 Å². The number of benzene rings is 1. The molecule has 19 heavy (non-hydrogen) atoms. The van der Waals surface area contributed by atoms with Gasteiger partial charge >= 0.3 is 0 Å². The summed E-state index contributed by atoms with van der Waals surface area (Å²) in [6.45, 7) is 3.82. The van der Waals surface area contributed by atoms with Gasteiger partial charge in [-0.15, -0.1) is 0 Å². The predicted octanol–water partition coefficient (Wildman–Crippen LogP) is 0.948. The number of carbonyl (C=O) groups is 2. The predicted molar refractivity (Wildman–Crippen MR) is 73.6 cm³/mol. The Bertz CT molecular complexity index is 499. The van der Waals surface area contributed by atoms with Crippen molar-refractivity contribution in [2.45, 2.75) is 32.4 Å². The van der Waals surface area contributed by atoms with Crippen LogP contribution in [0.15, 0.2) is 24.3 Å². The molecule has 2 atom stereocenters. The van der Waals surface area contributed by atoms with E-state index in [1.165, 1.54) is 0 Å². The summed E-state index contributed by atoms with van der Waals surface area (Å²) in [4.78, 5) is 25.1. The van der Waals surface area contributed by atoms with E-state index in [2.05, 4.69) is 5.32 Å². The zero-order chi connectivity index (χ0) is 14.0. The van der Waals surface area contributed by atoms with Crippen LogP contribution in [0.1, 0.15) is 31.9 Å². The van der Waals surface area contributed by atoms with Crippen molar-refractivity contribution < 1.29 is 9.59 Å². The summed E-state index contributed by atoms with van der Waals surface area (Å²) in [5.41, 5.74) is 7.41. The van der Waals surface area contributed by atoms with Crippen LogP contribution in [0.4, 0.5) is 5.69 Å². The molecule has 1 heterocycles. The standard InChI is InChI=1S/C14H19N3O2/c1-9(15)14(19)16-12-7-8-17(10(2)18)13-6-4-3-5-11(12)13/h3-6,9,12H,7-8,15H2,1-2H3,(H,16,19)/t9-,12?/m1/s1. The Labute approximate surface area is 112 Å². The van der Waals surface area contributed by atoms with E-state index < -0.39 is 6.04 Å². The maximum absolute atomic E-state index is 11.7. The SMILES string of the molecule is CC(=O)N1CCC(NC(=O)[C@@H](C)N)c2ccccc21. The first kappa shape index (κ1) is 13.5. The van der Waals surface area contributed by atoms with Crippen LogP contribution in [-0.4, -0.2) is 24.4 Å². The van der Waals surface area contributed by atoms with Crippen molar-refractivity contribution in [3.8, 4) is 0 Å². The smallest absolute Gasteiger partial charge is 0.237 e. The van der Waals surface area contributed by atoms with Gasteiger partial charge in [-0.1, -0.05) is 18.2 Å². The van der Waals surface area contributed by atoms with E-state index in [4.69, 9.17) is 5.73 Å². The lowest BCUT2D eigenvalue weighted by molar-refractivity contribution is -0.122. The number of nitrogens with two attached hydrogens (primary N) is 1. The van der Waals surface area contributed by atoms with Gasteiger partial charge in [0, 0.05) is 19.2 Å². The third-order valence-electron chi connectivity index (χ3n) is 3.35. The quantitative estimate of drug-likeness (QED) is 0.832. The first-order valence-electron chi connectivity index (χ1n) is 6.43. The molecule has 1 unspecified atom stereocenters. The van der Waals surface area contributed by atoms with Gasteiger partial charge in [0.2, 0.25) is 11.8 Å². The van der Waals surface area contributed by atoms with Crippen molar-refractivity contribution in [2.24, 2.45) is 5.73 Å². The van der Waals surface area contributed by atoms with E-state index in [0.29, 0.717) is 13.0 Å². The topological polar surface area (TPSA) is 75.4 Å². The Morgan fingerprint density at radius 2 is 2.11 bits per heavy atom. The number of anilines is 1. The van der Waals surface area contributed by atoms with Gasteiger partial charge in [0.05, 0.1) is 12.1 Å². The van der Waals surface area contributed by atoms with E-state index in [1.54, 1.807) is 18.7 Å². The van der Waals surface area contributed by atoms with Crippen molar-refractivity contribution in [1.29, 1.82) is 0 Å². The Balaban J connectivity index is 2.28. The fraction of sp³-hybridized carbons (Fsp3) is 0.429. The molecule has 1 aromatic carbocycles. The van der Waals surface area contributed by atoms with Crippen LogP contribution in [0.5, 0.6) is 0 Å². The largest absolute Gasteiger partial charge is 0.348 e. The minimum absolute atomic E-state index is 0.0180. The van der Waals surface area contributed by atoms with Gasteiger partial charge in [0.15, 0.2) is 0 Å². The lowest BCUT2D eigenvalue weighted by Crippen LogP contribution is -2.44. The number of carbonyl (C=O) groups excluding carboxylic acids is 2. The Morgan fingerprint density at radius 3 is 2.74 bits per heavy atom. The highest BCUT2D eigenvalue weighted by Gasteiger charge is 2.28. The van der Waals surface area contributed by atoms with Crippen molar-refractivity contribution in [3.63, 3.8) is 0 Å². The van der Waals surface area contributed by atoms with Gasteiger partial charge in [-0.3, -0.25) is 9.59 Å². The van der Waals surface area contributed by atoms with Crippen LogP contribution in [0.2, 0.25) is 0 Å². The molecule has 2 amide bonds. The van der Waals surface area contributed by atoms with Crippen molar-refractivity contribution >= 4 is 17.5 Å². The highest BCUT2D eigenvalue weighted by atomic mass is 16.2. The molecule has 0 spiro atoms. The van der Waals surface area contributed by atoms with Crippen LogP contribution >= 0.6 is 0 Å². The third-order valence-corrected chi connectivity index (χ3v) is 3.35. The second kappa shape index (κ2) is 5.40. The molecule has 0 fully saturated rings. The van der Waals surface area contributed by atoms with Gasteiger partial charge < -0.3 is 16.0 Å². The third kappa shape index (κ3) is 2.76. The number of para-hydroxylation sites is 1. The molecule has 0 saturated heterocycles. The highest BCUT2D eigenvalue weighted by molar-refractivity contribution is 5.93. The zero-order valence-corrected chi connectivity index (χ0v) is 11.2. The summed E-state index contributed by atoms with van der Waals surface area (Å²) in [6.07, 6.45) is 0.703. The monoisotopic (exact) mass is 261 g/mol. The van der Waals surface area contributed by atoms with E-state index in [0.717, 1.165) is 11.3 Å². The van der Waals surface area contributed by atoms with E-state index in [9.17, 15) is 9.59 Å². The fourth-order valence-corrected chi connectivity index (χ4v) is 2.34. The van der Waals surface area contributed by atoms with Gasteiger partial charge in [-0.05, 0) is 25.0 Å². The van der Waals surface area contributed by atoms with Crippen molar-refractivity contribution in [1.82, 2.24) is 5.32 Å². The Kier molecular flexibility index (Phi) is 3.85. The minimum Gasteiger partial charge on any atom is -0.348 e. The minimum atomic E-state index is -0.530. The second-order valence-corrected chi connectivity index (χ2v) is 4.87. The number of amides is 2. The molecule has 102 valence electrons. The molecular weight excluding hydrogens is 242 g/mol. The normalized spacial score (nSPS) is 19.5. The summed E-state index contributed by atoms with van der Waals surface area (Å²) in [5.74, 6) is -0.152. The molecule has 1 aliphatic heterocycles. The summed E-state index contributed by atoms with van der Waals surface area (Å²) in [7, 11) is 0. The molecule has 5 heteroatoms. The summed E-state index contributed by atoms with van der Waals surface area (Å²) < 4.78 is 0. The molecule has 3 N–H and O–H groups in total. The van der Waals surface area contributed by atoms with Crippen molar-refractivity contribution in [3.05, 3.63) is 29.8 Å². The maximum Gasteiger partial charge on any atom is 0.237 e. The van der Waals surface area contributed by atoms with Gasteiger partial charge in [-0.25, -0.2) is 0 Å². The average Bonchev–Trinajstić information content (AvgIpc) is 2.38. The van der Waals surface area contributed by atoms with E-state index in [-0.39, 0.29) is 17.9 Å². The van der Waals surface area contributed by atoms with E-state index in [1.807, 2.05) is 24.3 Å². The molecule has 0 aromatic heterocycles. The molecule has 1 aromatic rings. The highest BCUT2D eigenvalue weighted by Crippen LogP contribution is 2.33. The number of fused-ring (bicyclic) bond motifs is 1. The molecule has 0 aliphatic carbocycles. The first-order valence-corrected chi connectivity index (χ1v) is 6.43. The molecule has 0 bridgehead atoms. The van der Waals surface area contributed by atoms with Crippen LogP contribution in [0.25, 0.3) is 0 Å². The number of rotatable bonds is 2. The average molecular weight is 261 g/mol. The van der Waals surface area contributed by atoms with Gasteiger partial charge in [0.1, 0.15) is 0 Å². The number of nitrogens with zero attached hydrogens (tertiary/aromatic N) is 1.